The van der Waals surface area contributed by atoms with E-state index in [2.05, 4.69) is 32.6 Å². The molecular weight excluding hydrogens is 308 g/mol. The van der Waals surface area contributed by atoms with Crippen molar-refractivity contribution in [2.45, 2.75) is 6.42 Å². The molecule has 1 aliphatic rings. The molecule has 2 aromatic rings. The number of hydrogen-bond acceptors (Lipinski definition) is 7. The van der Waals surface area contributed by atoms with Gasteiger partial charge in [0.2, 0.25) is 5.95 Å². The van der Waals surface area contributed by atoms with Gasteiger partial charge in [-0.3, -0.25) is 15.2 Å². The van der Waals surface area contributed by atoms with E-state index in [4.69, 9.17) is 4.74 Å². The summed E-state index contributed by atoms with van der Waals surface area (Å²) in [5, 5.41) is 10.2. The second kappa shape index (κ2) is 7.41. The van der Waals surface area contributed by atoms with E-state index in [0.29, 0.717) is 18.1 Å². The summed E-state index contributed by atoms with van der Waals surface area (Å²) >= 11 is 0. The first kappa shape index (κ1) is 16.4. The minimum atomic E-state index is -0.225. The number of hydrogen-bond donors (Lipinski definition) is 2. The summed E-state index contributed by atoms with van der Waals surface area (Å²) in [5.41, 5.74) is 4.26. The van der Waals surface area contributed by atoms with Gasteiger partial charge in [0, 0.05) is 32.6 Å². The maximum absolute atomic E-state index is 12.2. The third-order valence-corrected chi connectivity index (χ3v) is 4.06. The van der Waals surface area contributed by atoms with Gasteiger partial charge in [0.15, 0.2) is 0 Å². The summed E-state index contributed by atoms with van der Waals surface area (Å²) in [5.74, 6) is 1.16. The fraction of sp³-hybridized carbons (Fsp3) is 0.438. The van der Waals surface area contributed by atoms with Gasteiger partial charge < -0.3 is 9.64 Å². The number of ether oxygens (including phenoxy) is 1. The molecule has 0 aliphatic carbocycles. The minimum Gasteiger partial charge on any atom is -0.497 e. The number of anilines is 1. The van der Waals surface area contributed by atoms with Gasteiger partial charge in [0.25, 0.3) is 5.56 Å². The van der Waals surface area contributed by atoms with Crippen molar-refractivity contribution >= 4 is 5.95 Å². The number of H-pyrrole nitrogens is 1. The van der Waals surface area contributed by atoms with Crippen LogP contribution in [0.15, 0.2) is 29.1 Å². The summed E-state index contributed by atoms with van der Waals surface area (Å²) in [6.07, 6.45) is 0.432. The predicted molar refractivity (Wildman–Crippen MR) is 91.1 cm³/mol. The second-order valence-corrected chi connectivity index (χ2v) is 5.88. The first-order valence-corrected chi connectivity index (χ1v) is 7.93. The van der Waals surface area contributed by atoms with E-state index < -0.39 is 0 Å². The van der Waals surface area contributed by atoms with Gasteiger partial charge in [-0.05, 0) is 24.7 Å². The molecule has 0 atom stereocenters. The van der Waals surface area contributed by atoms with Crippen LogP contribution in [0.25, 0.3) is 0 Å². The smallest absolute Gasteiger partial charge is 0.274 e. The first-order valence-electron chi connectivity index (χ1n) is 7.93. The second-order valence-electron chi connectivity index (χ2n) is 5.88. The van der Waals surface area contributed by atoms with Gasteiger partial charge in [0.05, 0.1) is 7.11 Å². The number of piperazine rings is 1. The monoisotopic (exact) mass is 330 g/mol. The average molecular weight is 330 g/mol. The molecule has 0 radical (unpaired) electrons. The van der Waals surface area contributed by atoms with E-state index in [1.54, 1.807) is 7.11 Å². The molecule has 0 unspecified atom stereocenters. The van der Waals surface area contributed by atoms with Gasteiger partial charge in [-0.2, -0.15) is 0 Å². The predicted octanol–water partition coefficient (Wildman–Crippen LogP) is 0.339. The van der Waals surface area contributed by atoms with Gasteiger partial charge in [0.1, 0.15) is 11.4 Å². The molecule has 128 valence electrons. The number of aromatic nitrogens is 3. The van der Waals surface area contributed by atoms with E-state index in [1.165, 1.54) is 0 Å². The van der Waals surface area contributed by atoms with Crippen molar-refractivity contribution in [2.24, 2.45) is 0 Å². The topological polar surface area (TPSA) is 86.4 Å². The number of nitrogens with zero attached hydrogens (tertiary/aromatic N) is 4. The molecule has 2 heterocycles. The molecule has 1 aromatic heterocycles. The fourth-order valence-corrected chi connectivity index (χ4v) is 2.53. The van der Waals surface area contributed by atoms with Crippen LogP contribution in [0, 0.1) is 0 Å². The third kappa shape index (κ3) is 4.09. The van der Waals surface area contributed by atoms with Crippen molar-refractivity contribution in [3.05, 3.63) is 45.9 Å². The van der Waals surface area contributed by atoms with Crippen LogP contribution in [0.1, 0.15) is 11.3 Å². The van der Waals surface area contributed by atoms with Gasteiger partial charge in [-0.1, -0.05) is 12.1 Å². The zero-order valence-corrected chi connectivity index (χ0v) is 14.0. The van der Waals surface area contributed by atoms with Crippen LogP contribution in [0.5, 0.6) is 5.75 Å². The number of likely N-dealkylation sites (N-methyl/N-ethyl adjacent to an activating group) is 1. The van der Waals surface area contributed by atoms with E-state index in [0.717, 1.165) is 37.5 Å². The van der Waals surface area contributed by atoms with Gasteiger partial charge in [-0.25, -0.2) is 5.01 Å². The van der Waals surface area contributed by atoms with E-state index in [-0.39, 0.29) is 5.56 Å². The van der Waals surface area contributed by atoms with Crippen LogP contribution >= 0.6 is 0 Å². The van der Waals surface area contributed by atoms with Crippen molar-refractivity contribution in [2.75, 3.05) is 45.8 Å². The standard InChI is InChI=1S/C16H22N6O2/c1-21-7-9-22(10-8-21)20-16-17-15(23)14(18-19-16)11-12-3-5-13(24-2)6-4-12/h3-6H,7-11H2,1-2H3,(H2,17,19,20,23). The largest absolute Gasteiger partial charge is 0.497 e. The molecule has 0 amide bonds. The lowest BCUT2D eigenvalue weighted by atomic mass is 10.1. The minimum absolute atomic E-state index is 0.225. The Labute approximate surface area is 140 Å². The molecular formula is C16H22N6O2. The van der Waals surface area contributed by atoms with Crippen LogP contribution < -0.4 is 15.7 Å². The van der Waals surface area contributed by atoms with Crippen molar-refractivity contribution in [1.82, 2.24) is 25.1 Å². The van der Waals surface area contributed by atoms with Crippen molar-refractivity contribution in [1.29, 1.82) is 0 Å². The molecule has 1 fully saturated rings. The normalized spacial score (nSPS) is 16.1. The Bertz CT molecular complexity index is 722. The quantitative estimate of drug-likeness (QED) is 0.817. The SMILES string of the molecule is COc1ccc(Cc2nnc(NN3CCN(C)CC3)[nH]c2=O)cc1. The summed E-state index contributed by atoms with van der Waals surface area (Å²) in [6.45, 7) is 3.68. The lowest BCUT2D eigenvalue weighted by molar-refractivity contribution is 0.178. The summed E-state index contributed by atoms with van der Waals surface area (Å²) in [7, 11) is 3.71. The molecule has 1 aromatic carbocycles. The molecule has 24 heavy (non-hydrogen) atoms. The van der Waals surface area contributed by atoms with Crippen molar-refractivity contribution < 1.29 is 4.74 Å². The fourth-order valence-electron chi connectivity index (χ4n) is 2.53. The van der Waals surface area contributed by atoms with Crippen molar-refractivity contribution in [3.8, 4) is 5.75 Å². The Morgan fingerprint density at radius 3 is 2.50 bits per heavy atom. The lowest BCUT2D eigenvalue weighted by Gasteiger charge is -2.32. The van der Waals surface area contributed by atoms with Gasteiger partial charge >= 0.3 is 0 Å². The van der Waals surface area contributed by atoms with Crippen LogP contribution in [-0.2, 0) is 6.42 Å². The van der Waals surface area contributed by atoms with E-state index in [1.807, 2.05) is 29.3 Å². The molecule has 2 N–H and O–H groups in total. The highest BCUT2D eigenvalue weighted by molar-refractivity contribution is 5.29. The molecule has 0 saturated carbocycles. The Kier molecular flexibility index (Phi) is 5.07. The van der Waals surface area contributed by atoms with E-state index >= 15 is 0 Å². The molecule has 8 nitrogen and oxygen atoms in total. The number of rotatable bonds is 5. The highest BCUT2D eigenvalue weighted by atomic mass is 16.5. The Morgan fingerprint density at radius 1 is 1.17 bits per heavy atom. The maximum atomic E-state index is 12.2. The number of hydrazine groups is 1. The Hall–Kier alpha value is -2.45. The highest BCUT2D eigenvalue weighted by Crippen LogP contribution is 2.12. The first-order chi connectivity index (χ1) is 11.6. The van der Waals surface area contributed by atoms with Crippen LogP contribution in [0.4, 0.5) is 5.95 Å². The molecule has 0 spiro atoms. The Morgan fingerprint density at radius 2 is 1.88 bits per heavy atom. The number of methoxy groups -OCH3 is 1. The van der Waals surface area contributed by atoms with Crippen LogP contribution in [0.3, 0.4) is 0 Å². The molecule has 3 rings (SSSR count). The summed E-state index contributed by atoms with van der Waals surface area (Å²) in [6, 6.07) is 7.55. The molecule has 1 aliphatic heterocycles. The zero-order valence-electron chi connectivity index (χ0n) is 14.0. The highest BCUT2D eigenvalue weighted by Gasteiger charge is 2.15. The zero-order chi connectivity index (χ0) is 16.9. The maximum Gasteiger partial charge on any atom is 0.274 e. The molecule has 8 heteroatoms. The molecule has 1 saturated heterocycles. The summed E-state index contributed by atoms with van der Waals surface area (Å²) in [4.78, 5) is 17.2. The lowest BCUT2D eigenvalue weighted by Crippen LogP contribution is -2.47. The van der Waals surface area contributed by atoms with Crippen LogP contribution in [0.2, 0.25) is 0 Å². The number of aromatic amines is 1. The number of benzene rings is 1. The van der Waals surface area contributed by atoms with E-state index in [9.17, 15) is 4.79 Å². The summed E-state index contributed by atoms with van der Waals surface area (Å²) < 4.78 is 5.13. The van der Waals surface area contributed by atoms with Gasteiger partial charge in [-0.15, -0.1) is 10.2 Å². The Balaban J connectivity index is 1.64. The third-order valence-electron chi connectivity index (χ3n) is 4.06. The van der Waals surface area contributed by atoms with Crippen molar-refractivity contribution in [3.63, 3.8) is 0 Å². The molecule has 0 bridgehead atoms. The van der Waals surface area contributed by atoms with Crippen LogP contribution in [-0.4, -0.2) is 65.4 Å². The number of nitrogens with one attached hydrogen (secondary N) is 2. The average Bonchev–Trinajstić information content (AvgIpc) is 2.60.